The molecule has 6 atom stereocenters. The molecule has 3 aliphatic heterocycles. The van der Waals surface area contributed by atoms with Crippen LogP contribution in [0.25, 0.3) is 0 Å². The second-order valence-electron chi connectivity index (χ2n) is 13.0. The van der Waals surface area contributed by atoms with Crippen LogP contribution in [0.2, 0.25) is 0 Å². The number of allylic oxidation sites excluding steroid dienone is 2. The maximum absolute atomic E-state index is 13.8. The molecule has 0 aromatic carbocycles. The molecule has 6 rings (SSSR count). The predicted molar refractivity (Wildman–Crippen MR) is 144 cm³/mol. The minimum absolute atomic E-state index is 0.122. The summed E-state index contributed by atoms with van der Waals surface area (Å²) in [7, 11) is 0. The molecule has 0 aromatic rings. The van der Waals surface area contributed by atoms with Crippen LogP contribution >= 0.6 is 0 Å². The molecule has 9 nitrogen and oxygen atoms in total. The van der Waals surface area contributed by atoms with Gasteiger partial charge in [0.15, 0.2) is 11.5 Å². The van der Waals surface area contributed by atoms with Crippen LogP contribution in [-0.2, 0) is 23.9 Å². The van der Waals surface area contributed by atoms with Crippen LogP contribution in [-0.4, -0.2) is 68.2 Å². The standard InChI is InChI=1S/C31H40O9/c1-13(2)30(37,14(3)4)11-17(32)9-18-23-16(6)26(34)31(38)25-24(19(23)12-39-31)22(40-28(18)36)10-20-15(5)8-21(33)27(35)29(20,25)7/h8,13-14,18,20,22,27,34-35,37-38H,9-12H2,1-7H3/t18?,20-,22+,27+,29-,31+/m0/s1. The Balaban J connectivity index is 1.69. The topological polar surface area (TPSA) is 151 Å². The number of ether oxygens (including phenoxy) is 2. The van der Waals surface area contributed by atoms with Crippen molar-refractivity contribution in [2.24, 2.45) is 29.1 Å². The largest absolute Gasteiger partial charge is 0.506 e. The van der Waals surface area contributed by atoms with E-state index in [9.17, 15) is 34.8 Å². The molecule has 0 amide bonds. The molecule has 1 unspecified atom stereocenters. The highest BCUT2D eigenvalue weighted by Crippen LogP contribution is 2.62. The number of rotatable bonds is 6. The van der Waals surface area contributed by atoms with E-state index in [1.165, 1.54) is 6.08 Å². The minimum atomic E-state index is -2.36. The van der Waals surface area contributed by atoms with Gasteiger partial charge in [0.2, 0.25) is 5.79 Å². The van der Waals surface area contributed by atoms with E-state index in [2.05, 4.69) is 0 Å². The van der Waals surface area contributed by atoms with E-state index in [0.29, 0.717) is 22.3 Å². The summed E-state index contributed by atoms with van der Waals surface area (Å²) in [6, 6.07) is 0. The first-order valence-electron chi connectivity index (χ1n) is 14.1. The van der Waals surface area contributed by atoms with Crippen molar-refractivity contribution >= 4 is 17.5 Å². The third kappa shape index (κ3) is 3.70. The number of fused-ring (bicyclic) bond motifs is 2. The van der Waals surface area contributed by atoms with Gasteiger partial charge in [-0.2, -0.15) is 0 Å². The zero-order valence-electron chi connectivity index (χ0n) is 24.2. The lowest BCUT2D eigenvalue weighted by molar-refractivity contribution is -0.192. The second kappa shape index (κ2) is 9.21. The van der Waals surface area contributed by atoms with E-state index >= 15 is 0 Å². The normalized spacial score (nSPS) is 35.6. The number of carbonyl (C=O) groups excluding carboxylic acids is 3. The fraction of sp³-hybridized carbons (Fsp3) is 0.645. The average molecular weight is 557 g/mol. The lowest BCUT2D eigenvalue weighted by Crippen LogP contribution is -2.60. The Labute approximate surface area is 234 Å². The number of Topliss-reactive ketones (excluding diaryl/α,β-unsaturated/α-hetero) is 1. The smallest absolute Gasteiger partial charge is 0.314 e. The van der Waals surface area contributed by atoms with E-state index in [-0.39, 0.29) is 54.6 Å². The van der Waals surface area contributed by atoms with Crippen LogP contribution < -0.4 is 0 Å². The summed E-state index contributed by atoms with van der Waals surface area (Å²) in [5.41, 5.74) is -0.334. The van der Waals surface area contributed by atoms with Crippen LogP contribution in [0.1, 0.15) is 67.7 Å². The Morgan fingerprint density at radius 3 is 2.38 bits per heavy atom. The molecule has 3 heterocycles. The molecule has 4 bridgehead atoms. The fourth-order valence-corrected chi connectivity index (χ4v) is 7.92. The summed E-state index contributed by atoms with van der Waals surface area (Å²) in [6.45, 7) is 12.2. The Hall–Kier alpha value is -2.59. The molecule has 40 heavy (non-hydrogen) atoms. The van der Waals surface area contributed by atoms with Crippen molar-refractivity contribution in [2.75, 3.05) is 6.61 Å². The average Bonchev–Trinajstić information content (AvgIpc) is 3.07. The number of esters is 1. The summed E-state index contributed by atoms with van der Waals surface area (Å²) in [4.78, 5) is 40.1. The van der Waals surface area contributed by atoms with E-state index in [4.69, 9.17) is 9.47 Å². The molecule has 0 radical (unpaired) electrons. The Morgan fingerprint density at radius 2 is 1.77 bits per heavy atom. The Kier molecular flexibility index (Phi) is 6.66. The van der Waals surface area contributed by atoms with Crippen molar-refractivity contribution in [2.45, 2.75) is 91.3 Å². The minimum Gasteiger partial charge on any atom is -0.506 e. The van der Waals surface area contributed by atoms with E-state index in [1.54, 1.807) is 20.8 Å². The monoisotopic (exact) mass is 556 g/mol. The Morgan fingerprint density at radius 1 is 1.15 bits per heavy atom. The first-order chi connectivity index (χ1) is 18.5. The van der Waals surface area contributed by atoms with Gasteiger partial charge in [0, 0.05) is 29.4 Å². The molecule has 9 heteroatoms. The SMILES string of the molecule is CC1=CC(=O)[C@@H](O)[C@]2(C)C3=C4C5=C(C(C)=C(O)[C@]3(O)OC5)C(CC(=O)CC(O)(C(C)C)C(C)C)C(=O)O[C@@H]4C[C@@H]12. The lowest BCUT2D eigenvalue weighted by Gasteiger charge is -2.55. The van der Waals surface area contributed by atoms with Crippen molar-refractivity contribution in [1.29, 1.82) is 0 Å². The van der Waals surface area contributed by atoms with Crippen LogP contribution in [0.15, 0.2) is 45.3 Å². The van der Waals surface area contributed by atoms with Gasteiger partial charge >= 0.3 is 5.97 Å². The van der Waals surface area contributed by atoms with Gasteiger partial charge in [0.05, 0.1) is 18.1 Å². The number of hydrogen-bond donors (Lipinski definition) is 4. The highest BCUT2D eigenvalue weighted by Gasteiger charge is 2.65. The highest BCUT2D eigenvalue weighted by molar-refractivity contribution is 5.97. The third-order valence-electron chi connectivity index (χ3n) is 10.4. The molecular weight excluding hydrogens is 516 g/mol. The number of carbonyl (C=O) groups is 3. The van der Waals surface area contributed by atoms with Crippen molar-refractivity contribution in [3.8, 4) is 0 Å². The maximum atomic E-state index is 13.8. The molecular formula is C31H40O9. The number of aliphatic hydroxyl groups excluding tert-OH is 2. The zero-order chi connectivity index (χ0) is 29.7. The highest BCUT2D eigenvalue weighted by atomic mass is 16.6. The van der Waals surface area contributed by atoms with Gasteiger partial charge in [-0.25, -0.2) is 0 Å². The van der Waals surface area contributed by atoms with E-state index in [0.717, 1.165) is 0 Å². The van der Waals surface area contributed by atoms with E-state index < -0.39 is 58.4 Å². The van der Waals surface area contributed by atoms with Gasteiger partial charge in [0.1, 0.15) is 18.0 Å². The molecule has 0 saturated carbocycles. The van der Waals surface area contributed by atoms with Gasteiger partial charge in [-0.1, -0.05) is 40.2 Å². The van der Waals surface area contributed by atoms with Gasteiger partial charge < -0.3 is 29.9 Å². The second-order valence-corrected chi connectivity index (χ2v) is 13.0. The fourth-order valence-electron chi connectivity index (χ4n) is 7.92. The van der Waals surface area contributed by atoms with Crippen molar-refractivity contribution < 1.29 is 44.3 Å². The number of hydrogen-bond acceptors (Lipinski definition) is 9. The van der Waals surface area contributed by atoms with Gasteiger partial charge in [-0.3, -0.25) is 14.4 Å². The molecule has 3 aliphatic carbocycles. The quantitative estimate of drug-likeness (QED) is 0.362. The van der Waals surface area contributed by atoms with Crippen LogP contribution in [0, 0.1) is 29.1 Å². The summed E-state index contributed by atoms with van der Waals surface area (Å²) >= 11 is 0. The van der Waals surface area contributed by atoms with Gasteiger partial charge in [0.25, 0.3) is 0 Å². The maximum Gasteiger partial charge on any atom is 0.314 e. The van der Waals surface area contributed by atoms with Crippen molar-refractivity contribution in [3.63, 3.8) is 0 Å². The summed E-state index contributed by atoms with van der Waals surface area (Å²) < 4.78 is 12.0. The molecule has 0 fully saturated rings. The molecule has 6 aliphatic rings. The molecule has 0 spiro atoms. The Bertz CT molecular complexity index is 1320. The first-order valence-corrected chi connectivity index (χ1v) is 14.1. The predicted octanol–water partition coefficient (Wildman–Crippen LogP) is 2.99. The van der Waals surface area contributed by atoms with Crippen LogP contribution in [0.4, 0.5) is 0 Å². The summed E-state index contributed by atoms with van der Waals surface area (Å²) in [5, 5.41) is 46.0. The summed E-state index contributed by atoms with van der Waals surface area (Å²) in [6.07, 6.45) is -1.15. The van der Waals surface area contributed by atoms with Gasteiger partial charge in [-0.05, 0) is 60.8 Å². The van der Waals surface area contributed by atoms with Crippen LogP contribution in [0.5, 0.6) is 0 Å². The zero-order valence-corrected chi connectivity index (χ0v) is 24.2. The molecule has 4 N–H and O–H groups in total. The number of ketones is 2. The molecule has 0 aromatic heterocycles. The van der Waals surface area contributed by atoms with Crippen LogP contribution in [0.3, 0.4) is 0 Å². The lowest BCUT2D eigenvalue weighted by atomic mass is 9.53. The van der Waals surface area contributed by atoms with E-state index in [1.807, 2.05) is 27.7 Å². The van der Waals surface area contributed by atoms with Crippen molar-refractivity contribution in [1.82, 2.24) is 0 Å². The van der Waals surface area contributed by atoms with Crippen molar-refractivity contribution in [3.05, 3.63) is 45.3 Å². The number of aliphatic hydroxyl groups is 4. The van der Waals surface area contributed by atoms with Gasteiger partial charge in [-0.15, -0.1) is 0 Å². The summed E-state index contributed by atoms with van der Waals surface area (Å²) in [5.74, 6) is -6.39. The third-order valence-corrected chi connectivity index (χ3v) is 10.4. The first kappa shape index (κ1) is 28.9. The molecule has 218 valence electrons. The molecule has 0 saturated heterocycles.